The van der Waals surface area contributed by atoms with Gasteiger partial charge in [0.1, 0.15) is 11.6 Å². The number of nitrogens with two attached hydrogens (primary N) is 1. The van der Waals surface area contributed by atoms with E-state index >= 15 is 0 Å². The van der Waals surface area contributed by atoms with Crippen LogP contribution in [0, 0.1) is 0 Å². The molecule has 0 aliphatic rings. The van der Waals surface area contributed by atoms with E-state index in [1.165, 1.54) is 12.1 Å². The van der Waals surface area contributed by atoms with Crippen molar-refractivity contribution in [3.05, 3.63) is 83.6 Å². The Kier molecular flexibility index (Phi) is 6.11. The lowest BCUT2D eigenvalue weighted by atomic mass is 9.87. The van der Waals surface area contributed by atoms with Crippen LogP contribution in [0.25, 0.3) is 5.65 Å². The first-order valence-electron chi connectivity index (χ1n) is 10.6. The Hall–Kier alpha value is -3.76. The summed E-state index contributed by atoms with van der Waals surface area (Å²) in [5.74, 6) is 0.732. The van der Waals surface area contributed by atoms with Crippen LogP contribution in [0.5, 0.6) is 0 Å². The number of carbonyl (C=O) groups is 1. The van der Waals surface area contributed by atoms with E-state index in [1.54, 1.807) is 47.1 Å². The number of hydrogen-bond acceptors (Lipinski definition) is 6. The Bertz CT molecular complexity index is 1440. The fourth-order valence-corrected chi connectivity index (χ4v) is 3.92. The van der Waals surface area contributed by atoms with Gasteiger partial charge in [0, 0.05) is 24.2 Å². The Labute approximate surface area is 198 Å². The van der Waals surface area contributed by atoms with Crippen molar-refractivity contribution < 1.29 is 13.2 Å². The molecule has 10 heteroatoms. The molecule has 2 aromatic carbocycles. The van der Waals surface area contributed by atoms with Crippen LogP contribution in [0.3, 0.4) is 0 Å². The molecule has 0 aliphatic carbocycles. The van der Waals surface area contributed by atoms with Gasteiger partial charge >= 0.3 is 0 Å². The van der Waals surface area contributed by atoms with Crippen molar-refractivity contribution in [3.63, 3.8) is 0 Å². The van der Waals surface area contributed by atoms with Crippen LogP contribution in [0.15, 0.2) is 71.8 Å². The zero-order chi connectivity index (χ0) is 24.5. The van der Waals surface area contributed by atoms with Gasteiger partial charge in [0.25, 0.3) is 5.91 Å². The second-order valence-corrected chi connectivity index (χ2v) is 10.5. The van der Waals surface area contributed by atoms with Crippen molar-refractivity contribution in [2.45, 2.75) is 37.6 Å². The van der Waals surface area contributed by atoms with Crippen molar-refractivity contribution in [1.82, 2.24) is 14.6 Å². The number of aromatic nitrogens is 3. The number of nitrogens with one attached hydrogen (secondary N) is 2. The number of amides is 1. The first kappa shape index (κ1) is 23.4. The third-order valence-corrected chi connectivity index (χ3v) is 6.27. The van der Waals surface area contributed by atoms with Gasteiger partial charge in [-0.15, -0.1) is 0 Å². The highest BCUT2D eigenvalue weighted by molar-refractivity contribution is 7.89. The summed E-state index contributed by atoms with van der Waals surface area (Å²) in [5, 5.41) is 15.5. The third kappa shape index (κ3) is 5.24. The predicted molar refractivity (Wildman–Crippen MR) is 131 cm³/mol. The molecule has 4 rings (SSSR count). The van der Waals surface area contributed by atoms with Crippen LogP contribution < -0.4 is 15.8 Å². The summed E-state index contributed by atoms with van der Waals surface area (Å²) in [6.45, 7) is 6.76. The lowest BCUT2D eigenvalue weighted by molar-refractivity contribution is 0.102. The van der Waals surface area contributed by atoms with Crippen molar-refractivity contribution in [2.75, 3.05) is 10.6 Å². The van der Waals surface area contributed by atoms with Gasteiger partial charge in [-0.1, -0.05) is 45.0 Å². The highest BCUT2D eigenvalue weighted by Gasteiger charge is 2.15. The number of anilines is 2. The molecule has 2 aromatic heterocycles. The lowest BCUT2D eigenvalue weighted by Crippen LogP contribution is -2.16. The highest BCUT2D eigenvalue weighted by Crippen LogP contribution is 2.23. The Morgan fingerprint density at radius 2 is 1.71 bits per heavy atom. The number of primary sulfonamides is 1. The van der Waals surface area contributed by atoms with Gasteiger partial charge in [0.15, 0.2) is 5.65 Å². The van der Waals surface area contributed by atoms with Gasteiger partial charge in [-0.2, -0.15) is 9.61 Å². The number of benzene rings is 2. The van der Waals surface area contributed by atoms with Crippen LogP contribution >= 0.6 is 0 Å². The molecule has 0 aliphatic heterocycles. The molecule has 2 heterocycles. The van der Waals surface area contributed by atoms with Crippen LogP contribution in [0.2, 0.25) is 0 Å². The number of fused-ring (bicyclic) bond motifs is 1. The number of nitrogens with zero attached hydrogens (tertiary/aromatic N) is 3. The van der Waals surface area contributed by atoms with Crippen molar-refractivity contribution in [3.8, 4) is 0 Å². The minimum atomic E-state index is -3.74. The summed E-state index contributed by atoms with van der Waals surface area (Å²) in [5.41, 5.74) is 3.09. The average Bonchev–Trinajstić information content (AvgIpc) is 3.25. The van der Waals surface area contributed by atoms with Crippen LogP contribution in [0.1, 0.15) is 42.3 Å². The SMILES string of the molecule is CC(C)(C)c1ccc(C(=O)Nc2cc(NCc3ccc(S(N)(=O)=O)cc3)n3nccc3n2)cc1. The molecule has 0 unspecified atom stereocenters. The van der Waals surface area contributed by atoms with Gasteiger partial charge in [0.2, 0.25) is 10.0 Å². The topological polar surface area (TPSA) is 131 Å². The molecule has 34 heavy (non-hydrogen) atoms. The normalized spacial score (nSPS) is 12.0. The van der Waals surface area contributed by atoms with Gasteiger partial charge in [-0.05, 0) is 40.8 Å². The third-order valence-electron chi connectivity index (χ3n) is 5.34. The zero-order valence-electron chi connectivity index (χ0n) is 19.1. The summed E-state index contributed by atoms with van der Waals surface area (Å²) in [6, 6.07) is 17.2. The zero-order valence-corrected chi connectivity index (χ0v) is 19.9. The highest BCUT2D eigenvalue weighted by atomic mass is 32.2. The monoisotopic (exact) mass is 478 g/mol. The van der Waals surface area contributed by atoms with E-state index in [0.29, 0.717) is 29.4 Å². The van der Waals surface area contributed by atoms with E-state index in [4.69, 9.17) is 5.14 Å². The molecule has 0 bridgehead atoms. The molecule has 4 N–H and O–H groups in total. The predicted octanol–water partition coefficient (Wildman–Crippen LogP) is 3.54. The molecular weight excluding hydrogens is 452 g/mol. The van der Waals surface area contributed by atoms with Crippen LogP contribution in [0.4, 0.5) is 11.6 Å². The number of carbonyl (C=O) groups excluding carboxylic acids is 1. The van der Waals surface area contributed by atoms with Gasteiger partial charge < -0.3 is 10.6 Å². The van der Waals surface area contributed by atoms with E-state index in [2.05, 4.69) is 41.5 Å². The van der Waals surface area contributed by atoms with Gasteiger partial charge in [-0.3, -0.25) is 4.79 Å². The molecule has 1 amide bonds. The standard InChI is InChI=1S/C24H26N6O3S/c1-24(2,3)18-8-6-17(7-9-18)23(31)29-20-14-22(30-21(28-20)12-13-27-30)26-15-16-4-10-19(11-5-16)34(25,32)33/h4-14,26H,15H2,1-3H3,(H2,25,32,33)(H,28,29,31). The second kappa shape index (κ2) is 8.88. The van der Waals surface area contributed by atoms with E-state index in [-0.39, 0.29) is 16.2 Å². The molecule has 0 radical (unpaired) electrons. The first-order chi connectivity index (χ1) is 16.0. The molecular formula is C24H26N6O3S. The fraction of sp³-hybridized carbons (Fsp3) is 0.208. The largest absolute Gasteiger partial charge is 0.366 e. The van der Waals surface area contributed by atoms with E-state index < -0.39 is 10.0 Å². The van der Waals surface area contributed by atoms with Crippen molar-refractivity contribution in [1.29, 1.82) is 0 Å². The molecule has 176 valence electrons. The van der Waals surface area contributed by atoms with Gasteiger partial charge in [-0.25, -0.2) is 18.5 Å². The first-order valence-corrected chi connectivity index (χ1v) is 12.2. The van der Waals surface area contributed by atoms with Crippen molar-refractivity contribution >= 4 is 33.2 Å². The molecule has 9 nitrogen and oxygen atoms in total. The fourth-order valence-electron chi connectivity index (χ4n) is 3.40. The summed E-state index contributed by atoms with van der Waals surface area (Å²) in [7, 11) is -3.74. The van der Waals surface area contributed by atoms with E-state index in [9.17, 15) is 13.2 Å². The maximum atomic E-state index is 12.8. The second-order valence-electron chi connectivity index (χ2n) is 8.95. The van der Waals surface area contributed by atoms with Crippen LogP contribution in [-0.2, 0) is 22.0 Å². The summed E-state index contributed by atoms with van der Waals surface area (Å²) in [6.07, 6.45) is 1.62. The number of hydrogen-bond donors (Lipinski definition) is 3. The smallest absolute Gasteiger partial charge is 0.256 e. The number of sulfonamides is 1. The molecule has 0 saturated carbocycles. The molecule has 4 aromatic rings. The Balaban J connectivity index is 1.52. The molecule has 0 fully saturated rings. The minimum absolute atomic E-state index is 0.00305. The molecule has 0 saturated heterocycles. The molecule has 0 spiro atoms. The Morgan fingerprint density at radius 1 is 1.03 bits per heavy atom. The average molecular weight is 479 g/mol. The van der Waals surface area contributed by atoms with Gasteiger partial charge in [0.05, 0.1) is 11.1 Å². The summed E-state index contributed by atoms with van der Waals surface area (Å²) >= 11 is 0. The Morgan fingerprint density at radius 3 is 2.32 bits per heavy atom. The van der Waals surface area contributed by atoms with E-state index in [0.717, 1.165) is 11.1 Å². The quantitative estimate of drug-likeness (QED) is 0.388. The maximum Gasteiger partial charge on any atom is 0.256 e. The lowest BCUT2D eigenvalue weighted by Gasteiger charge is -2.19. The molecule has 0 atom stereocenters. The van der Waals surface area contributed by atoms with E-state index in [1.807, 2.05) is 12.1 Å². The maximum absolute atomic E-state index is 12.8. The minimum Gasteiger partial charge on any atom is -0.366 e. The van der Waals surface area contributed by atoms with Crippen molar-refractivity contribution in [2.24, 2.45) is 5.14 Å². The summed E-state index contributed by atoms with van der Waals surface area (Å²) in [4.78, 5) is 17.3. The summed E-state index contributed by atoms with van der Waals surface area (Å²) < 4.78 is 24.5. The number of rotatable bonds is 6. The van der Waals surface area contributed by atoms with Crippen LogP contribution in [-0.4, -0.2) is 28.9 Å².